The summed E-state index contributed by atoms with van der Waals surface area (Å²) in [5, 5.41) is 0. The highest BCUT2D eigenvalue weighted by Crippen LogP contribution is 2.41. The lowest BCUT2D eigenvalue weighted by Crippen LogP contribution is -2.51. The van der Waals surface area contributed by atoms with Crippen LogP contribution in [0.25, 0.3) is 11.3 Å². The Morgan fingerprint density at radius 1 is 0.946 bits per heavy atom. The van der Waals surface area contributed by atoms with Crippen LogP contribution in [0.4, 0.5) is 9.18 Å². The number of rotatable bonds is 6. The number of benzene rings is 3. The minimum atomic E-state index is -1.30. The predicted molar refractivity (Wildman–Crippen MR) is 135 cm³/mol. The molecule has 2 heterocycles. The quantitative estimate of drug-likeness (QED) is 0.303. The summed E-state index contributed by atoms with van der Waals surface area (Å²) in [6.07, 6.45) is -0.170. The highest BCUT2D eigenvalue weighted by molar-refractivity contribution is 5.89. The van der Waals surface area contributed by atoms with E-state index in [1.54, 1.807) is 13.0 Å². The van der Waals surface area contributed by atoms with E-state index in [-0.39, 0.29) is 13.0 Å². The van der Waals surface area contributed by atoms with Gasteiger partial charge in [0.05, 0.1) is 11.9 Å². The van der Waals surface area contributed by atoms with Crippen LogP contribution in [0, 0.1) is 5.82 Å². The molecule has 2 unspecified atom stereocenters. The Morgan fingerprint density at radius 2 is 1.62 bits per heavy atom. The predicted octanol–water partition coefficient (Wildman–Crippen LogP) is 6.08. The third-order valence-corrected chi connectivity index (χ3v) is 6.44. The first-order valence-electron chi connectivity index (χ1n) is 11.9. The maximum atomic E-state index is 13.5. The zero-order chi connectivity index (χ0) is 25.8. The van der Waals surface area contributed by atoms with E-state index in [1.165, 1.54) is 17.2 Å². The highest BCUT2D eigenvalue weighted by atomic mass is 19.1. The maximum Gasteiger partial charge on any atom is 0.414 e. The minimum absolute atomic E-state index is 0.0708. The van der Waals surface area contributed by atoms with Crippen LogP contribution in [0.1, 0.15) is 29.8 Å². The van der Waals surface area contributed by atoms with Gasteiger partial charge in [0, 0.05) is 17.5 Å². The van der Waals surface area contributed by atoms with Gasteiger partial charge in [0.15, 0.2) is 0 Å². The molecule has 6 nitrogen and oxygen atoms in total. The molecule has 0 N–H and O–H groups in total. The average molecular weight is 497 g/mol. The molecule has 4 aromatic rings. The second-order valence-electron chi connectivity index (χ2n) is 9.09. The molecule has 3 aromatic carbocycles. The lowest BCUT2D eigenvalue weighted by Gasteiger charge is -2.33. The lowest BCUT2D eigenvalue weighted by atomic mass is 9.91. The molecule has 0 saturated carbocycles. The van der Waals surface area contributed by atoms with Crippen LogP contribution in [0.5, 0.6) is 0 Å². The molecule has 0 spiro atoms. The molecule has 0 radical (unpaired) electrons. The summed E-state index contributed by atoms with van der Waals surface area (Å²) in [5.41, 5.74) is 2.47. The Balaban J connectivity index is 1.42. The van der Waals surface area contributed by atoms with Crippen molar-refractivity contribution < 1.29 is 23.5 Å². The first kappa shape index (κ1) is 24.2. The number of ether oxygens (including phenoxy) is 2. The maximum absolute atomic E-state index is 13.5. The van der Waals surface area contributed by atoms with Gasteiger partial charge in [-0.15, -0.1) is 0 Å². The summed E-state index contributed by atoms with van der Waals surface area (Å²) < 4.78 is 24.6. The molecule has 1 fully saturated rings. The van der Waals surface area contributed by atoms with Gasteiger partial charge in [-0.1, -0.05) is 84.9 Å². The number of amides is 1. The van der Waals surface area contributed by atoms with Crippen molar-refractivity contribution in [2.75, 3.05) is 0 Å². The van der Waals surface area contributed by atoms with Crippen LogP contribution >= 0.6 is 0 Å². The van der Waals surface area contributed by atoms with Gasteiger partial charge < -0.3 is 9.47 Å². The Kier molecular flexibility index (Phi) is 6.68. The number of halogens is 1. The van der Waals surface area contributed by atoms with Crippen molar-refractivity contribution in [1.82, 2.24) is 9.88 Å². The number of cyclic esters (lactones) is 1. The molecule has 1 amide bonds. The fourth-order valence-electron chi connectivity index (χ4n) is 4.45. The number of hydrogen-bond donors (Lipinski definition) is 0. The Morgan fingerprint density at radius 3 is 2.27 bits per heavy atom. The first-order chi connectivity index (χ1) is 17.9. The molecule has 1 aliphatic heterocycles. The van der Waals surface area contributed by atoms with E-state index in [2.05, 4.69) is 4.98 Å². The van der Waals surface area contributed by atoms with Crippen molar-refractivity contribution in [1.29, 1.82) is 0 Å². The second-order valence-corrected chi connectivity index (χ2v) is 9.09. The summed E-state index contributed by atoms with van der Waals surface area (Å²) in [4.78, 5) is 32.2. The molecule has 37 heavy (non-hydrogen) atoms. The van der Waals surface area contributed by atoms with Gasteiger partial charge >= 0.3 is 12.1 Å². The fourth-order valence-corrected chi connectivity index (χ4v) is 4.45. The van der Waals surface area contributed by atoms with Crippen LogP contribution in [-0.4, -0.2) is 27.5 Å². The minimum Gasteiger partial charge on any atom is -0.444 e. The van der Waals surface area contributed by atoms with E-state index < -0.39 is 29.6 Å². The van der Waals surface area contributed by atoms with Crippen LogP contribution < -0.4 is 0 Å². The van der Waals surface area contributed by atoms with E-state index >= 15 is 0 Å². The van der Waals surface area contributed by atoms with E-state index in [9.17, 15) is 14.0 Å². The molecule has 186 valence electrons. The molecular formula is C30H25FN2O4. The van der Waals surface area contributed by atoms with Gasteiger partial charge in [-0.2, -0.15) is 0 Å². The molecular weight excluding hydrogens is 471 g/mol. The second kappa shape index (κ2) is 10.2. The lowest BCUT2D eigenvalue weighted by molar-refractivity contribution is -0.145. The Bertz CT molecular complexity index is 1380. The van der Waals surface area contributed by atoms with Crippen LogP contribution in [-0.2, 0) is 27.3 Å². The number of aromatic nitrogens is 1. The zero-order valence-electron chi connectivity index (χ0n) is 20.2. The largest absolute Gasteiger partial charge is 0.444 e. The van der Waals surface area contributed by atoms with Crippen molar-refractivity contribution in [3.8, 4) is 11.3 Å². The molecule has 1 saturated heterocycles. The molecule has 2 atom stereocenters. The van der Waals surface area contributed by atoms with Crippen molar-refractivity contribution in [2.45, 2.75) is 31.7 Å². The monoisotopic (exact) mass is 496 g/mol. The van der Waals surface area contributed by atoms with Crippen molar-refractivity contribution in [3.63, 3.8) is 0 Å². The highest BCUT2D eigenvalue weighted by Gasteiger charge is 2.55. The van der Waals surface area contributed by atoms with Gasteiger partial charge in [-0.3, -0.25) is 9.88 Å². The van der Waals surface area contributed by atoms with Crippen LogP contribution in [0.2, 0.25) is 0 Å². The SMILES string of the molecule is CC1(Cc2ccc(-c3ccc(F)cn3)cc2)C(=O)OC(c2ccccc2)N1C(=O)OCc1ccccc1. The van der Waals surface area contributed by atoms with Crippen LogP contribution in [0.3, 0.4) is 0 Å². The first-order valence-corrected chi connectivity index (χ1v) is 11.9. The fraction of sp³-hybridized carbons (Fsp3) is 0.167. The third-order valence-electron chi connectivity index (χ3n) is 6.44. The topological polar surface area (TPSA) is 68.7 Å². The van der Waals surface area contributed by atoms with Crippen molar-refractivity contribution in [3.05, 3.63) is 126 Å². The molecule has 1 aliphatic rings. The zero-order valence-corrected chi connectivity index (χ0v) is 20.2. The van der Waals surface area contributed by atoms with Gasteiger partial charge in [-0.25, -0.2) is 14.0 Å². The number of pyridine rings is 1. The molecule has 7 heteroatoms. The number of nitrogens with zero attached hydrogens (tertiary/aromatic N) is 2. The summed E-state index contributed by atoms with van der Waals surface area (Å²) in [6, 6.07) is 28.9. The van der Waals surface area contributed by atoms with Crippen molar-refractivity contribution >= 4 is 12.1 Å². The third kappa shape index (κ3) is 5.07. The summed E-state index contributed by atoms with van der Waals surface area (Å²) in [7, 11) is 0. The average Bonchev–Trinajstić information content (AvgIpc) is 3.19. The molecule has 0 aliphatic carbocycles. The van der Waals surface area contributed by atoms with Gasteiger partial charge in [0.1, 0.15) is 18.0 Å². The molecule has 0 bridgehead atoms. The van der Waals surface area contributed by atoms with Gasteiger partial charge in [0.25, 0.3) is 0 Å². The van der Waals surface area contributed by atoms with Gasteiger partial charge in [-0.05, 0) is 30.2 Å². The number of hydrogen-bond acceptors (Lipinski definition) is 5. The summed E-state index contributed by atoms with van der Waals surface area (Å²) in [5.74, 6) is -0.914. The number of esters is 1. The smallest absolute Gasteiger partial charge is 0.414 e. The number of carbonyl (C=O) groups is 2. The van der Waals surface area contributed by atoms with E-state index in [4.69, 9.17) is 9.47 Å². The van der Waals surface area contributed by atoms with E-state index in [1.807, 2.05) is 84.9 Å². The Labute approximate surface area is 214 Å². The molecule has 5 rings (SSSR count). The summed E-state index contributed by atoms with van der Waals surface area (Å²) in [6.45, 7) is 1.76. The Hall–Kier alpha value is -4.52. The van der Waals surface area contributed by atoms with E-state index in [0.717, 1.165) is 16.7 Å². The van der Waals surface area contributed by atoms with Crippen LogP contribution in [0.15, 0.2) is 103 Å². The van der Waals surface area contributed by atoms with Gasteiger partial charge in [0.2, 0.25) is 6.23 Å². The summed E-state index contributed by atoms with van der Waals surface area (Å²) >= 11 is 0. The standard InChI is InChI=1S/C30H25FN2O4/c1-30(18-21-12-14-23(15-13-21)26-17-16-25(31)19-32-26)28(34)37-27(24-10-6-3-7-11-24)33(30)29(35)36-20-22-8-4-2-5-9-22/h2-17,19,27H,18,20H2,1H3. The van der Waals surface area contributed by atoms with Crippen molar-refractivity contribution in [2.24, 2.45) is 0 Å². The molecule has 1 aromatic heterocycles. The van der Waals surface area contributed by atoms with E-state index in [0.29, 0.717) is 11.3 Å². The normalized spacial score (nSPS) is 18.9. The number of carbonyl (C=O) groups excluding carboxylic acids is 2.